The Morgan fingerprint density at radius 2 is 2.05 bits per heavy atom. The van der Waals surface area contributed by atoms with Gasteiger partial charge in [0, 0.05) is 19.4 Å². The Labute approximate surface area is 114 Å². The predicted octanol–water partition coefficient (Wildman–Crippen LogP) is 1.25. The standard InChI is InChI=1S/C13H24N4O2/c1-5-10-15-11(6-2)17(16-10)9-8-13(4,12(18)19)14-7-3/h14H,5-9H2,1-4H3,(H,18,19). The molecule has 0 saturated heterocycles. The summed E-state index contributed by atoms with van der Waals surface area (Å²) in [5, 5.41) is 16.7. The van der Waals surface area contributed by atoms with Crippen molar-refractivity contribution in [3.05, 3.63) is 11.6 Å². The van der Waals surface area contributed by atoms with Crippen LogP contribution in [0.3, 0.4) is 0 Å². The van der Waals surface area contributed by atoms with Gasteiger partial charge in [0.1, 0.15) is 11.4 Å². The zero-order valence-electron chi connectivity index (χ0n) is 12.2. The van der Waals surface area contributed by atoms with Gasteiger partial charge in [-0.1, -0.05) is 20.8 Å². The predicted molar refractivity (Wildman–Crippen MR) is 73.1 cm³/mol. The number of hydrogen-bond donors (Lipinski definition) is 2. The van der Waals surface area contributed by atoms with Gasteiger partial charge in [-0.15, -0.1) is 0 Å². The van der Waals surface area contributed by atoms with Gasteiger partial charge in [0.05, 0.1) is 0 Å². The number of hydrogen-bond acceptors (Lipinski definition) is 4. The van der Waals surface area contributed by atoms with E-state index in [4.69, 9.17) is 0 Å². The van der Waals surface area contributed by atoms with Crippen LogP contribution in [-0.4, -0.2) is 37.9 Å². The summed E-state index contributed by atoms with van der Waals surface area (Å²) in [6, 6.07) is 0. The quantitative estimate of drug-likeness (QED) is 0.741. The van der Waals surface area contributed by atoms with Crippen LogP contribution in [0.1, 0.15) is 45.8 Å². The Hall–Kier alpha value is -1.43. The molecular weight excluding hydrogens is 244 g/mol. The molecule has 1 aromatic heterocycles. The molecule has 108 valence electrons. The number of rotatable bonds is 8. The normalized spacial score (nSPS) is 14.3. The van der Waals surface area contributed by atoms with E-state index < -0.39 is 11.5 Å². The second-order valence-electron chi connectivity index (χ2n) is 4.79. The highest BCUT2D eigenvalue weighted by molar-refractivity contribution is 5.78. The van der Waals surface area contributed by atoms with Gasteiger partial charge in [-0.05, 0) is 19.9 Å². The van der Waals surface area contributed by atoms with E-state index >= 15 is 0 Å². The van der Waals surface area contributed by atoms with Crippen LogP contribution in [-0.2, 0) is 24.2 Å². The van der Waals surface area contributed by atoms with Gasteiger partial charge in [0.2, 0.25) is 0 Å². The van der Waals surface area contributed by atoms with Crippen molar-refractivity contribution in [3.8, 4) is 0 Å². The summed E-state index contributed by atoms with van der Waals surface area (Å²) in [6.45, 7) is 8.85. The van der Waals surface area contributed by atoms with Crippen LogP contribution in [0.25, 0.3) is 0 Å². The average Bonchev–Trinajstić information content (AvgIpc) is 2.79. The maximum Gasteiger partial charge on any atom is 0.323 e. The van der Waals surface area contributed by atoms with E-state index in [2.05, 4.69) is 15.4 Å². The Bertz CT molecular complexity index is 430. The molecular formula is C13H24N4O2. The number of carboxylic acid groups (broad SMARTS) is 1. The first-order valence-corrected chi connectivity index (χ1v) is 6.87. The molecule has 1 aromatic rings. The Morgan fingerprint density at radius 1 is 1.37 bits per heavy atom. The van der Waals surface area contributed by atoms with E-state index in [0.717, 1.165) is 24.5 Å². The molecule has 0 saturated carbocycles. The minimum Gasteiger partial charge on any atom is -0.480 e. The van der Waals surface area contributed by atoms with Crippen molar-refractivity contribution in [1.29, 1.82) is 0 Å². The third-order valence-corrected chi connectivity index (χ3v) is 3.29. The van der Waals surface area contributed by atoms with Crippen LogP contribution in [0.5, 0.6) is 0 Å². The Balaban J connectivity index is 2.79. The summed E-state index contributed by atoms with van der Waals surface area (Å²) in [7, 11) is 0. The molecule has 0 bridgehead atoms. The minimum atomic E-state index is -0.919. The van der Waals surface area contributed by atoms with Crippen molar-refractivity contribution in [1.82, 2.24) is 20.1 Å². The molecule has 1 unspecified atom stereocenters. The van der Waals surface area contributed by atoms with Crippen LogP contribution in [0.15, 0.2) is 0 Å². The smallest absolute Gasteiger partial charge is 0.323 e. The zero-order chi connectivity index (χ0) is 14.5. The van der Waals surface area contributed by atoms with Gasteiger partial charge < -0.3 is 10.4 Å². The van der Waals surface area contributed by atoms with Crippen molar-refractivity contribution >= 4 is 5.97 Å². The number of nitrogens with zero attached hydrogens (tertiary/aromatic N) is 3. The van der Waals surface area contributed by atoms with E-state index in [1.807, 2.05) is 25.5 Å². The lowest BCUT2D eigenvalue weighted by Crippen LogP contribution is -2.50. The van der Waals surface area contributed by atoms with Gasteiger partial charge in [-0.3, -0.25) is 4.79 Å². The molecule has 0 spiro atoms. The topological polar surface area (TPSA) is 80.0 Å². The lowest BCUT2D eigenvalue weighted by Gasteiger charge is -2.25. The van der Waals surface area contributed by atoms with Crippen LogP contribution in [0.2, 0.25) is 0 Å². The summed E-state index contributed by atoms with van der Waals surface area (Å²) >= 11 is 0. The van der Waals surface area contributed by atoms with Crippen LogP contribution in [0, 0.1) is 0 Å². The highest BCUT2D eigenvalue weighted by atomic mass is 16.4. The molecule has 6 heteroatoms. The first-order valence-electron chi connectivity index (χ1n) is 6.87. The minimum absolute atomic E-state index is 0.482. The largest absolute Gasteiger partial charge is 0.480 e. The lowest BCUT2D eigenvalue weighted by molar-refractivity contribution is -0.144. The fraction of sp³-hybridized carbons (Fsp3) is 0.769. The molecule has 19 heavy (non-hydrogen) atoms. The van der Waals surface area contributed by atoms with Gasteiger partial charge in [0.15, 0.2) is 5.82 Å². The highest BCUT2D eigenvalue weighted by Crippen LogP contribution is 2.13. The molecule has 0 fully saturated rings. The molecule has 0 aliphatic carbocycles. The third kappa shape index (κ3) is 3.76. The number of nitrogens with one attached hydrogen (secondary N) is 1. The monoisotopic (exact) mass is 268 g/mol. The van der Waals surface area contributed by atoms with E-state index in [9.17, 15) is 9.90 Å². The SMILES string of the molecule is CCNC(C)(CCn1nc(CC)nc1CC)C(=O)O. The average molecular weight is 268 g/mol. The fourth-order valence-electron chi connectivity index (χ4n) is 2.01. The van der Waals surface area contributed by atoms with Crippen molar-refractivity contribution in [2.75, 3.05) is 6.54 Å². The summed E-state index contributed by atoms with van der Waals surface area (Å²) in [6.07, 6.45) is 2.08. The zero-order valence-corrected chi connectivity index (χ0v) is 12.2. The fourth-order valence-corrected chi connectivity index (χ4v) is 2.01. The Kier molecular flexibility index (Phi) is 5.47. The first kappa shape index (κ1) is 15.6. The molecule has 0 radical (unpaired) electrons. The van der Waals surface area contributed by atoms with Gasteiger partial charge in [-0.2, -0.15) is 5.10 Å². The van der Waals surface area contributed by atoms with Gasteiger partial charge in [-0.25, -0.2) is 9.67 Å². The Morgan fingerprint density at radius 3 is 2.53 bits per heavy atom. The first-order chi connectivity index (χ1) is 8.96. The van der Waals surface area contributed by atoms with Gasteiger partial charge >= 0.3 is 5.97 Å². The summed E-state index contributed by atoms with van der Waals surface area (Å²) in [4.78, 5) is 15.8. The number of carboxylic acids is 1. The summed E-state index contributed by atoms with van der Waals surface area (Å²) in [5.41, 5.74) is -0.919. The second-order valence-corrected chi connectivity index (χ2v) is 4.79. The van der Waals surface area contributed by atoms with E-state index in [1.54, 1.807) is 6.92 Å². The second kappa shape index (κ2) is 6.65. The number of likely N-dealkylation sites (N-methyl/N-ethyl adjacent to an activating group) is 1. The summed E-state index contributed by atoms with van der Waals surface area (Å²) in [5.74, 6) is 0.904. The molecule has 1 heterocycles. The lowest BCUT2D eigenvalue weighted by atomic mass is 9.98. The van der Waals surface area contributed by atoms with Crippen LogP contribution in [0.4, 0.5) is 0 Å². The molecule has 0 aliphatic rings. The van der Waals surface area contributed by atoms with E-state index in [-0.39, 0.29) is 0 Å². The van der Waals surface area contributed by atoms with Crippen LogP contribution < -0.4 is 5.32 Å². The number of aromatic nitrogens is 3. The van der Waals surface area contributed by atoms with Crippen molar-refractivity contribution in [3.63, 3.8) is 0 Å². The molecule has 0 amide bonds. The van der Waals surface area contributed by atoms with Crippen molar-refractivity contribution in [2.24, 2.45) is 0 Å². The maximum atomic E-state index is 11.3. The van der Waals surface area contributed by atoms with Crippen LogP contribution >= 0.6 is 0 Å². The van der Waals surface area contributed by atoms with E-state index in [0.29, 0.717) is 19.5 Å². The molecule has 0 aromatic carbocycles. The van der Waals surface area contributed by atoms with Crippen molar-refractivity contribution < 1.29 is 9.90 Å². The van der Waals surface area contributed by atoms with Gasteiger partial charge in [0.25, 0.3) is 0 Å². The van der Waals surface area contributed by atoms with E-state index in [1.165, 1.54) is 0 Å². The number of aliphatic carboxylic acids is 1. The molecule has 1 atom stereocenters. The third-order valence-electron chi connectivity index (χ3n) is 3.29. The molecule has 2 N–H and O–H groups in total. The number of aryl methyl sites for hydroxylation is 3. The number of carbonyl (C=O) groups is 1. The maximum absolute atomic E-state index is 11.3. The molecule has 0 aliphatic heterocycles. The summed E-state index contributed by atoms with van der Waals surface area (Å²) < 4.78 is 1.83. The molecule has 1 rings (SSSR count). The van der Waals surface area contributed by atoms with Crippen molar-refractivity contribution in [2.45, 2.75) is 59.0 Å². The highest BCUT2D eigenvalue weighted by Gasteiger charge is 2.31. The molecule has 6 nitrogen and oxygen atoms in total.